The zero-order valence-corrected chi connectivity index (χ0v) is 9.85. The van der Waals surface area contributed by atoms with Gasteiger partial charge in [0.1, 0.15) is 0 Å². The molecule has 1 saturated carbocycles. The van der Waals surface area contributed by atoms with Crippen LogP contribution in [-0.4, -0.2) is 24.6 Å². The third kappa shape index (κ3) is 2.34. The molecule has 0 heterocycles. The number of fused-ring (bicyclic) bond motifs is 1. The molecule has 2 rings (SSSR count). The van der Waals surface area contributed by atoms with Crippen molar-refractivity contribution < 1.29 is 0 Å². The molecule has 0 bridgehead atoms. The number of allylic oxidation sites excluding steroid dienone is 1. The van der Waals surface area contributed by atoms with Gasteiger partial charge in [0.15, 0.2) is 0 Å². The van der Waals surface area contributed by atoms with Crippen LogP contribution in [0.3, 0.4) is 0 Å². The summed E-state index contributed by atoms with van der Waals surface area (Å²) in [5, 5.41) is 3.69. The molecule has 0 amide bonds. The van der Waals surface area contributed by atoms with Crippen LogP contribution in [0.4, 0.5) is 0 Å². The Kier molecular flexibility index (Phi) is 3.94. The summed E-state index contributed by atoms with van der Waals surface area (Å²) < 4.78 is 0. The minimum atomic E-state index is 0.813. The number of hydrogen-bond donors (Lipinski definition) is 1. The summed E-state index contributed by atoms with van der Waals surface area (Å²) in [7, 11) is 0. The number of unbranched alkanes of at least 4 members (excludes halogenated alkanes) is 1. The smallest absolute Gasteiger partial charge is 0.0136 e. The fourth-order valence-corrected chi connectivity index (χ4v) is 3.10. The Morgan fingerprint density at radius 3 is 3.14 bits per heavy atom. The Morgan fingerprint density at radius 1 is 1.43 bits per heavy atom. The SMILES string of the molecule is CSCCCCNC1CC2CC=CC21. The summed E-state index contributed by atoms with van der Waals surface area (Å²) in [4.78, 5) is 0. The van der Waals surface area contributed by atoms with E-state index in [1.54, 1.807) is 0 Å². The van der Waals surface area contributed by atoms with Gasteiger partial charge in [0.25, 0.3) is 0 Å². The van der Waals surface area contributed by atoms with E-state index in [4.69, 9.17) is 0 Å². The van der Waals surface area contributed by atoms with E-state index >= 15 is 0 Å². The second-order valence-electron chi connectivity index (χ2n) is 4.50. The highest BCUT2D eigenvalue weighted by atomic mass is 32.2. The van der Waals surface area contributed by atoms with Crippen LogP contribution in [0, 0.1) is 11.8 Å². The molecule has 2 aliphatic carbocycles. The van der Waals surface area contributed by atoms with Crippen LogP contribution < -0.4 is 5.32 Å². The molecule has 0 aromatic heterocycles. The summed E-state index contributed by atoms with van der Waals surface area (Å²) in [6.07, 6.45) is 12.4. The average molecular weight is 211 g/mol. The van der Waals surface area contributed by atoms with E-state index in [0.29, 0.717) is 0 Å². The molecule has 0 saturated heterocycles. The van der Waals surface area contributed by atoms with Gasteiger partial charge in [0.2, 0.25) is 0 Å². The first-order chi connectivity index (χ1) is 6.92. The molecule has 80 valence electrons. The van der Waals surface area contributed by atoms with Crippen molar-refractivity contribution in [3.05, 3.63) is 12.2 Å². The lowest BCUT2D eigenvalue weighted by atomic mass is 9.71. The van der Waals surface area contributed by atoms with Crippen molar-refractivity contribution in [2.75, 3.05) is 18.6 Å². The predicted octanol–water partition coefficient (Wildman–Crippen LogP) is 2.68. The number of rotatable bonds is 6. The quantitative estimate of drug-likeness (QED) is 0.535. The van der Waals surface area contributed by atoms with Crippen LogP contribution in [0.5, 0.6) is 0 Å². The first kappa shape index (κ1) is 10.6. The average Bonchev–Trinajstić information content (AvgIpc) is 2.53. The standard InChI is InChI=1S/C12H21NS/c1-14-8-3-2-7-13-12-9-10-5-4-6-11(10)12/h4,6,10-13H,2-3,5,7-9H2,1H3. The Balaban J connectivity index is 1.52. The monoisotopic (exact) mass is 211 g/mol. The van der Waals surface area contributed by atoms with E-state index in [1.807, 2.05) is 11.8 Å². The zero-order valence-electron chi connectivity index (χ0n) is 9.04. The zero-order chi connectivity index (χ0) is 9.80. The van der Waals surface area contributed by atoms with Gasteiger partial charge in [0, 0.05) is 6.04 Å². The Labute approximate surface area is 91.7 Å². The Morgan fingerprint density at radius 2 is 2.36 bits per heavy atom. The molecule has 0 radical (unpaired) electrons. The molecule has 1 fully saturated rings. The molecule has 0 spiro atoms. The molecule has 1 N–H and O–H groups in total. The van der Waals surface area contributed by atoms with Crippen molar-refractivity contribution in [1.29, 1.82) is 0 Å². The molecule has 0 aromatic rings. The molecule has 0 aliphatic heterocycles. The fourth-order valence-electron chi connectivity index (χ4n) is 2.61. The predicted molar refractivity (Wildman–Crippen MR) is 64.8 cm³/mol. The molecule has 3 unspecified atom stereocenters. The Hall–Kier alpha value is 0.0500. The fraction of sp³-hybridized carbons (Fsp3) is 0.833. The van der Waals surface area contributed by atoms with Gasteiger partial charge in [-0.15, -0.1) is 0 Å². The summed E-state index contributed by atoms with van der Waals surface area (Å²) in [5.74, 6) is 3.20. The third-order valence-corrected chi connectivity index (χ3v) is 4.24. The third-order valence-electron chi connectivity index (χ3n) is 3.54. The number of thioether (sulfide) groups is 1. The topological polar surface area (TPSA) is 12.0 Å². The van der Waals surface area contributed by atoms with Crippen LogP contribution in [0.25, 0.3) is 0 Å². The maximum Gasteiger partial charge on any atom is 0.0136 e. The summed E-state index contributed by atoms with van der Waals surface area (Å²) >= 11 is 1.96. The maximum absolute atomic E-state index is 3.69. The van der Waals surface area contributed by atoms with Crippen molar-refractivity contribution in [1.82, 2.24) is 5.32 Å². The minimum Gasteiger partial charge on any atom is -0.313 e. The number of nitrogens with one attached hydrogen (secondary N) is 1. The lowest BCUT2D eigenvalue weighted by molar-refractivity contribution is 0.163. The van der Waals surface area contributed by atoms with Crippen LogP contribution >= 0.6 is 11.8 Å². The maximum atomic E-state index is 3.69. The molecule has 14 heavy (non-hydrogen) atoms. The second kappa shape index (κ2) is 5.22. The van der Waals surface area contributed by atoms with Gasteiger partial charge in [-0.25, -0.2) is 0 Å². The van der Waals surface area contributed by atoms with E-state index in [-0.39, 0.29) is 0 Å². The van der Waals surface area contributed by atoms with E-state index in [2.05, 4.69) is 23.7 Å². The van der Waals surface area contributed by atoms with E-state index < -0.39 is 0 Å². The van der Waals surface area contributed by atoms with Gasteiger partial charge in [-0.05, 0) is 56.1 Å². The highest BCUT2D eigenvalue weighted by Gasteiger charge is 2.40. The lowest BCUT2D eigenvalue weighted by Crippen LogP contribution is -2.48. The normalized spacial score (nSPS) is 34.2. The molecule has 2 heteroatoms. The van der Waals surface area contributed by atoms with Crippen LogP contribution in [0.15, 0.2) is 12.2 Å². The van der Waals surface area contributed by atoms with Gasteiger partial charge in [-0.1, -0.05) is 12.2 Å². The summed E-state index contributed by atoms with van der Waals surface area (Å²) in [6, 6.07) is 0.813. The molecule has 0 aromatic carbocycles. The Bertz CT molecular complexity index is 202. The molecule has 3 atom stereocenters. The second-order valence-corrected chi connectivity index (χ2v) is 5.48. The van der Waals surface area contributed by atoms with E-state index in [1.165, 1.54) is 38.0 Å². The van der Waals surface area contributed by atoms with Crippen molar-refractivity contribution >= 4 is 11.8 Å². The van der Waals surface area contributed by atoms with Gasteiger partial charge in [0.05, 0.1) is 0 Å². The van der Waals surface area contributed by atoms with Gasteiger partial charge < -0.3 is 5.32 Å². The lowest BCUT2D eigenvalue weighted by Gasteiger charge is -2.40. The first-order valence-corrected chi connectivity index (χ1v) is 7.20. The van der Waals surface area contributed by atoms with Crippen LogP contribution in [-0.2, 0) is 0 Å². The molecule has 1 nitrogen and oxygen atoms in total. The van der Waals surface area contributed by atoms with E-state index in [9.17, 15) is 0 Å². The van der Waals surface area contributed by atoms with Crippen LogP contribution in [0.2, 0.25) is 0 Å². The van der Waals surface area contributed by atoms with Gasteiger partial charge in [-0.2, -0.15) is 11.8 Å². The van der Waals surface area contributed by atoms with Gasteiger partial charge >= 0.3 is 0 Å². The highest BCUT2D eigenvalue weighted by Crippen LogP contribution is 2.42. The van der Waals surface area contributed by atoms with Crippen molar-refractivity contribution in [3.8, 4) is 0 Å². The summed E-state index contributed by atoms with van der Waals surface area (Å²) in [5.41, 5.74) is 0. The minimum absolute atomic E-state index is 0.813. The summed E-state index contributed by atoms with van der Waals surface area (Å²) in [6.45, 7) is 1.22. The van der Waals surface area contributed by atoms with Crippen molar-refractivity contribution in [3.63, 3.8) is 0 Å². The van der Waals surface area contributed by atoms with Crippen molar-refractivity contribution in [2.24, 2.45) is 11.8 Å². The van der Waals surface area contributed by atoms with Gasteiger partial charge in [-0.3, -0.25) is 0 Å². The van der Waals surface area contributed by atoms with Crippen molar-refractivity contribution in [2.45, 2.75) is 31.7 Å². The number of hydrogen-bond acceptors (Lipinski definition) is 2. The molecular weight excluding hydrogens is 190 g/mol. The first-order valence-electron chi connectivity index (χ1n) is 5.81. The van der Waals surface area contributed by atoms with Crippen LogP contribution in [0.1, 0.15) is 25.7 Å². The largest absolute Gasteiger partial charge is 0.313 e. The molecule has 2 aliphatic rings. The van der Waals surface area contributed by atoms with E-state index in [0.717, 1.165) is 17.9 Å². The highest BCUT2D eigenvalue weighted by molar-refractivity contribution is 7.98. The molecular formula is C12H21NS.